The number of rotatable bonds is 7. The van der Waals surface area contributed by atoms with Crippen LogP contribution in [0.3, 0.4) is 0 Å². The molecule has 0 radical (unpaired) electrons. The number of non-ortho nitro benzene ring substituents is 1. The lowest BCUT2D eigenvalue weighted by atomic mass is 10.2. The quantitative estimate of drug-likeness (QED) is 0.564. The number of amides is 1. The molecule has 0 spiro atoms. The fourth-order valence-electron chi connectivity index (χ4n) is 2.01. The summed E-state index contributed by atoms with van der Waals surface area (Å²) in [6.07, 6.45) is 0. The monoisotopic (exact) mass is 380 g/mol. The Morgan fingerprint density at radius 3 is 2.60 bits per heavy atom. The van der Waals surface area contributed by atoms with Gasteiger partial charge < -0.3 is 10.1 Å². The first-order chi connectivity index (χ1) is 11.9. The van der Waals surface area contributed by atoms with Crippen LogP contribution < -0.4 is 10.1 Å². The van der Waals surface area contributed by atoms with E-state index >= 15 is 0 Å². The molecule has 25 heavy (non-hydrogen) atoms. The van der Waals surface area contributed by atoms with Crippen molar-refractivity contribution in [3.05, 3.63) is 63.2 Å². The molecule has 0 aliphatic rings. The number of hydrogen-bond donors (Lipinski definition) is 1. The second-order valence-corrected chi connectivity index (χ2v) is 6.98. The van der Waals surface area contributed by atoms with Gasteiger partial charge in [-0.2, -0.15) is 0 Å². The second-order valence-electron chi connectivity index (χ2n) is 5.21. The number of methoxy groups -OCH3 is 1. The lowest BCUT2D eigenvalue weighted by Gasteiger charge is -2.14. The first-order valence-electron chi connectivity index (χ1n) is 7.40. The van der Waals surface area contributed by atoms with Gasteiger partial charge in [-0.05, 0) is 30.7 Å². The van der Waals surface area contributed by atoms with Crippen LogP contribution in [0.25, 0.3) is 0 Å². The molecule has 1 amide bonds. The molecule has 8 heteroatoms. The molecule has 1 atom stereocenters. The summed E-state index contributed by atoms with van der Waals surface area (Å²) < 4.78 is 5.12. The van der Waals surface area contributed by atoms with Gasteiger partial charge in [0.2, 0.25) is 5.91 Å². The van der Waals surface area contributed by atoms with Gasteiger partial charge in [-0.15, -0.1) is 11.8 Å². The number of carbonyl (C=O) groups is 1. The summed E-state index contributed by atoms with van der Waals surface area (Å²) in [7, 11) is 1.40. The first-order valence-corrected chi connectivity index (χ1v) is 8.82. The zero-order chi connectivity index (χ0) is 18.4. The molecular weight excluding hydrogens is 364 g/mol. The van der Waals surface area contributed by atoms with Crippen molar-refractivity contribution < 1.29 is 14.5 Å². The molecule has 0 bridgehead atoms. The molecule has 0 saturated heterocycles. The second kappa shape index (κ2) is 8.73. The molecule has 2 aromatic rings. The predicted octanol–water partition coefficient (Wildman–Crippen LogP) is 4.52. The summed E-state index contributed by atoms with van der Waals surface area (Å²) >= 11 is 7.33. The summed E-state index contributed by atoms with van der Waals surface area (Å²) in [4.78, 5) is 22.6. The van der Waals surface area contributed by atoms with Gasteiger partial charge >= 0.3 is 0 Å². The molecule has 0 fully saturated rings. The number of anilines is 1. The van der Waals surface area contributed by atoms with E-state index in [4.69, 9.17) is 16.3 Å². The van der Waals surface area contributed by atoms with Gasteiger partial charge in [0.05, 0.1) is 29.0 Å². The van der Waals surface area contributed by atoms with Crippen molar-refractivity contribution in [1.29, 1.82) is 0 Å². The van der Waals surface area contributed by atoms with Gasteiger partial charge in [-0.3, -0.25) is 14.9 Å². The van der Waals surface area contributed by atoms with E-state index in [1.165, 1.54) is 37.1 Å². The minimum atomic E-state index is -0.515. The van der Waals surface area contributed by atoms with E-state index < -0.39 is 4.92 Å². The van der Waals surface area contributed by atoms with Crippen LogP contribution in [0, 0.1) is 10.1 Å². The van der Waals surface area contributed by atoms with E-state index in [-0.39, 0.29) is 22.6 Å². The fraction of sp³-hybridized carbons (Fsp3) is 0.235. The van der Waals surface area contributed by atoms with Crippen LogP contribution in [0.2, 0.25) is 5.02 Å². The summed E-state index contributed by atoms with van der Waals surface area (Å²) in [5, 5.41) is 13.9. The minimum Gasteiger partial charge on any atom is -0.494 e. The molecule has 0 saturated carbocycles. The number of halogens is 1. The number of thioether (sulfide) groups is 1. The van der Waals surface area contributed by atoms with Gasteiger partial charge in [0.25, 0.3) is 5.69 Å². The van der Waals surface area contributed by atoms with Crippen molar-refractivity contribution in [2.45, 2.75) is 17.9 Å². The van der Waals surface area contributed by atoms with Crippen LogP contribution in [0.4, 0.5) is 11.4 Å². The maximum atomic E-state index is 12.3. The number of nitrogens with zero attached hydrogens (tertiary/aromatic N) is 1. The van der Waals surface area contributed by atoms with E-state index in [1.807, 2.05) is 24.3 Å². The molecule has 0 aliphatic carbocycles. The largest absolute Gasteiger partial charge is 0.494 e. The summed E-state index contributed by atoms with van der Waals surface area (Å²) in [5.74, 6) is 0.715. The highest BCUT2D eigenvalue weighted by Crippen LogP contribution is 2.30. The summed E-state index contributed by atoms with van der Waals surface area (Å²) in [5.41, 5.74) is 1.37. The lowest BCUT2D eigenvalue weighted by Crippen LogP contribution is -2.22. The van der Waals surface area contributed by atoms with E-state index in [2.05, 4.69) is 5.32 Å². The number of benzene rings is 2. The number of carbonyl (C=O) groups excluding carboxylic acids is 1. The zero-order valence-electron chi connectivity index (χ0n) is 13.7. The number of ether oxygens (including phenoxy) is 1. The van der Waals surface area contributed by atoms with Crippen molar-refractivity contribution >= 4 is 40.6 Å². The van der Waals surface area contributed by atoms with Gasteiger partial charge in [0.15, 0.2) is 0 Å². The lowest BCUT2D eigenvalue weighted by molar-refractivity contribution is -0.384. The van der Waals surface area contributed by atoms with Crippen LogP contribution in [0.5, 0.6) is 5.75 Å². The molecule has 6 nitrogen and oxygen atoms in total. The molecule has 2 rings (SSSR count). The van der Waals surface area contributed by atoms with E-state index in [9.17, 15) is 14.9 Å². The third kappa shape index (κ3) is 5.37. The Bertz CT molecular complexity index is 768. The number of nitro benzene ring substituents is 1. The summed E-state index contributed by atoms with van der Waals surface area (Å²) in [6, 6.07) is 11.5. The molecule has 0 aliphatic heterocycles. The van der Waals surface area contributed by atoms with Crippen LogP contribution in [-0.2, 0) is 10.5 Å². The fourth-order valence-corrected chi connectivity index (χ4v) is 2.98. The molecule has 1 N–H and O–H groups in total. The SMILES string of the molecule is COc1cc([N+](=O)[O-])ccc1NC(=O)[C@H](C)SCc1ccc(Cl)cc1. The first kappa shape index (κ1) is 19.1. The van der Waals surface area contributed by atoms with Crippen molar-refractivity contribution in [3.8, 4) is 5.75 Å². The Morgan fingerprint density at radius 1 is 1.32 bits per heavy atom. The average molecular weight is 381 g/mol. The smallest absolute Gasteiger partial charge is 0.273 e. The Hall–Kier alpha value is -2.25. The van der Waals surface area contributed by atoms with Gasteiger partial charge in [0.1, 0.15) is 5.75 Å². The third-order valence-corrected chi connectivity index (χ3v) is 4.90. The Labute approximate surface area is 154 Å². The third-order valence-electron chi connectivity index (χ3n) is 3.44. The van der Waals surface area contributed by atoms with Gasteiger partial charge in [0, 0.05) is 16.8 Å². The molecular formula is C17H17ClN2O4S. The zero-order valence-corrected chi connectivity index (χ0v) is 15.3. The van der Waals surface area contributed by atoms with Crippen molar-refractivity contribution in [3.63, 3.8) is 0 Å². The molecule has 2 aromatic carbocycles. The summed E-state index contributed by atoms with van der Waals surface area (Å²) in [6.45, 7) is 1.80. The Morgan fingerprint density at radius 2 is 2.00 bits per heavy atom. The van der Waals surface area contributed by atoms with Crippen molar-refractivity contribution in [2.24, 2.45) is 0 Å². The van der Waals surface area contributed by atoms with Crippen LogP contribution >= 0.6 is 23.4 Å². The topological polar surface area (TPSA) is 81.5 Å². The van der Waals surface area contributed by atoms with E-state index in [0.29, 0.717) is 16.5 Å². The number of nitro groups is 1. The molecule has 0 aromatic heterocycles. The maximum Gasteiger partial charge on any atom is 0.273 e. The molecule has 132 valence electrons. The maximum absolute atomic E-state index is 12.3. The van der Waals surface area contributed by atoms with Crippen LogP contribution in [-0.4, -0.2) is 23.2 Å². The standard InChI is InChI=1S/C17H17ClN2O4S/c1-11(25-10-12-3-5-13(18)6-4-12)17(21)19-15-8-7-14(20(22)23)9-16(15)24-2/h3-9,11H,10H2,1-2H3,(H,19,21)/t11-/m0/s1. The highest BCUT2D eigenvalue weighted by Gasteiger charge is 2.17. The van der Waals surface area contributed by atoms with Gasteiger partial charge in [-0.25, -0.2) is 0 Å². The van der Waals surface area contributed by atoms with Crippen LogP contribution in [0.15, 0.2) is 42.5 Å². The van der Waals surface area contributed by atoms with Crippen LogP contribution in [0.1, 0.15) is 12.5 Å². The average Bonchev–Trinajstić information content (AvgIpc) is 2.61. The van der Waals surface area contributed by atoms with E-state index in [0.717, 1.165) is 5.56 Å². The normalized spacial score (nSPS) is 11.6. The van der Waals surface area contributed by atoms with E-state index in [1.54, 1.807) is 6.92 Å². The number of hydrogen-bond acceptors (Lipinski definition) is 5. The molecule has 0 heterocycles. The Kier molecular flexibility index (Phi) is 6.66. The highest BCUT2D eigenvalue weighted by atomic mass is 35.5. The molecule has 0 unspecified atom stereocenters. The minimum absolute atomic E-state index is 0.0972. The number of nitrogens with one attached hydrogen (secondary N) is 1. The van der Waals surface area contributed by atoms with Gasteiger partial charge in [-0.1, -0.05) is 23.7 Å². The Balaban J connectivity index is 1.98. The highest BCUT2D eigenvalue weighted by molar-refractivity contribution is 7.99. The van der Waals surface area contributed by atoms with Crippen molar-refractivity contribution in [2.75, 3.05) is 12.4 Å². The van der Waals surface area contributed by atoms with Crippen molar-refractivity contribution in [1.82, 2.24) is 0 Å². The predicted molar refractivity (Wildman–Crippen MR) is 100 cm³/mol.